The topological polar surface area (TPSA) is 33.2 Å². The van der Waals surface area contributed by atoms with Crippen LogP contribution in [0.5, 0.6) is 0 Å². The van der Waals surface area contributed by atoms with Crippen molar-refractivity contribution in [2.75, 3.05) is 19.3 Å². The Morgan fingerprint density at radius 2 is 2.29 bits per heavy atom. The molecule has 1 aliphatic rings. The molecule has 0 aliphatic carbocycles. The molecule has 3 nitrogen and oxygen atoms in total. The van der Waals surface area contributed by atoms with Gasteiger partial charge in [0.1, 0.15) is 0 Å². The molecule has 2 aromatic rings. The second-order valence-corrected chi connectivity index (χ2v) is 7.76. The van der Waals surface area contributed by atoms with Crippen molar-refractivity contribution in [2.45, 2.75) is 30.9 Å². The van der Waals surface area contributed by atoms with Crippen LogP contribution in [0.2, 0.25) is 0 Å². The number of amides is 1. The Morgan fingerprint density at radius 3 is 3.05 bits per heavy atom. The van der Waals surface area contributed by atoms with Gasteiger partial charge >= 0.3 is 0 Å². The molecule has 1 aromatic carbocycles. The van der Waals surface area contributed by atoms with Crippen molar-refractivity contribution in [3.63, 3.8) is 0 Å². The van der Waals surface area contributed by atoms with Gasteiger partial charge in [-0.15, -0.1) is 11.3 Å². The Morgan fingerprint density at radius 1 is 1.48 bits per heavy atom. The van der Waals surface area contributed by atoms with E-state index in [2.05, 4.69) is 18.2 Å². The molecule has 0 spiro atoms. The molecule has 1 saturated heterocycles. The van der Waals surface area contributed by atoms with Gasteiger partial charge in [0.15, 0.2) is 0 Å². The molecular formula is C16H20N2OS2. The fraction of sp³-hybridized carbons (Fsp3) is 0.500. The number of carbonyl (C=O) groups is 1. The van der Waals surface area contributed by atoms with Crippen LogP contribution >= 0.6 is 23.1 Å². The summed E-state index contributed by atoms with van der Waals surface area (Å²) >= 11 is 3.40. The molecule has 1 amide bonds. The number of thiazole rings is 1. The lowest BCUT2D eigenvalue weighted by molar-refractivity contribution is -0.131. The van der Waals surface area contributed by atoms with Crippen molar-refractivity contribution >= 4 is 39.2 Å². The minimum absolute atomic E-state index is 0.0547. The molecule has 21 heavy (non-hydrogen) atoms. The molecule has 3 rings (SSSR count). The number of benzene rings is 1. The maximum atomic E-state index is 12.4. The zero-order valence-electron chi connectivity index (χ0n) is 12.4. The Balaban J connectivity index is 1.78. The minimum atomic E-state index is 0.0547. The van der Waals surface area contributed by atoms with Crippen molar-refractivity contribution in [2.24, 2.45) is 0 Å². The quantitative estimate of drug-likeness (QED) is 0.863. The van der Waals surface area contributed by atoms with E-state index in [1.54, 1.807) is 23.1 Å². The monoisotopic (exact) mass is 320 g/mol. The van der Waals surface area contributed by atoms with E-state index in [1.807, 2.05) is 24.1 Å². The molecule has 0 N–H and O–H groups in total. The average molecular weight is 320 g/mol. The van der Waals surface area contributed by atoms with Crippen LogP contribution in [0.15, 0.2) is 24.3 Å². The molecular weight excluding hydrogens is 300 g/mol. The second kappa shape index (κ2) is 6.36. The van der Waals surface area contributed by atoms with Gasteiger partial charge in [0.05, 0.1) is 20.5 Å². The third-order valence-corrected chi connectivity index (χ3v) is 6.20. The van der Waals surface area contributed by atoms with Crippen LogP contribution in [-0.4, -0.2) is 40.4 Å². The van der Waals surface area contributed by atoms with Gasteiger partial charge in [0, 0.05) is 19.0 Å². The van der Waals surface area contributed by atoms with E-state index in [1.165, 1.54) is 9.71 Å². The lowest BCUT2D eigenvalue weighted by atomic mass is 9.98. The van der Waals surface area contributed by atoms with Gasteiger partial charge in [-0.25, -0.2) is 4.98 Å². The number of likely N-dealkylation sites (tertiary alicyclic amines) is 1. The standard InChI is InChI=1S/C16H20N2OS2/c1-11(20-2)16(19)18-9-5-6-12(10-18)15-17-13-7-3-4-8-14(13)21-15/h3-4,7-8,11-12H,5-6,9-10H2,1-2H3/t11-,12-/m0/s1. The predicted molar refractivity (Wildman–Crippen MR) is 91.2 cm³/mol. The Kier molecular flexibility index (Phi) is 4.50. The second-order valence-electron chi connectivity index (χ2n) is 5.52. The van der Waals surface area contributed by atoms with Crippen LogP contribution in [0.1, 0.15) is 30.7 Å². The van der Waals surface area contributed by atoms with Crippen molar-refractivity contribution in [3.05, 3.63) is 29.3 Å². The first kappa shape index (κ1) is 14.9. The normalized spacial score (nSPS) is 20.7. The van der Waals surface area contributed by atoms with E-state index in [-0.39, 0.29) is 11.2 Å². The SMILES string of the molecule is CS[C@@H](C)C(=O)N1CCC[C@H](c2nc3ccccc3s2)C1. The summed E-state index contributed by atoms with van der Waals surface area (Å²) in [5, 5.41) is 1.24. The first-order chi connectivity index (χ1) is 10.2. The van der Waals surface area contributed by atoms with Gasteiger partial charge in [-0.1, -0.05) is 12.1 Å². The number of aromatic nitrogens is 1. The highest BCUT2D eigenvalue weighted by atomic mass is 32.2. The summed E-state index contributed by atoms with van der Waals surface area (Å²) in [5.41, 5.74) is 1.08. The molecule has 0 radical (unpaired) electrons. The Hall–Kier alpha value is -1.07. The number of piperidine rings is 1. The summed E-state index contributed by atoms with van der Waals surface area (Å²) in [5.74, 6) is 0.669. The van der Waals surface area contributed by atoms with Crippen LogP contribution in [-0.2, 0) is 4.79 Å². The number of hydrogen-bond donors (Lipinski definition) is 0. The molecule has 5 heteroatoms. The highest BCUT2D eigenvalue weighted by Crippen LogP contribution is 2.33. The smallest absolute Gasteiger partial charge is 0.235 e. The third kappa shape index (κ3) is 3.09. The van der Waals surface area contributed by atoms with E-state index in [4.69, 9.17) is 4.98 Å². The van der Waals surface area contributed by atoms with E-state index in [9.17, 15) is 4.79 Å². The molecule has 0 saturated carbocycles. The van der Waals surface area contributed by atoms with Crippen LogP contribution < -0.4 is 0 Å². The molecule has 2 atom stereocenters. The zero-order chi connectivity index (χ0) is 14.8. The van der Waals surface area contributed by atoms with Gasteiger partial charge < -0.3 is 4.90 Å². The van der Waals surface area contributed by atoms with Gasteiger partial charge in [0.25, 0.3) is 0 Å². The van der Waals surface area contributed by atoms with Crippen LogP contribution in [0.3, 0.4) is 0 Å². The summed E-state index contributed by atoms with van der Waals surface area (Å²) in [7, 11) is 0. The Bertz CT molecular complexity index is 607. The predicted octanol–water partition coefficient (Wildman–Crippen LogP) is 3.75. The highest BCUT2D eigenvalue weighted by molar-refractivity contribution is 7.99. The van der Waals surface area contributed by atoms with Crippen LogP contribution in [0.25, 0.3) is 10.2 Å². The summed E-state index contributed by atoms with van der Waals surface area (Å²) < 4.78 is 1.24. The summed E-state index contributed by atoms with van der Waals surface area (Å²) in [6.45, 7) is 3.71. The van der Waals surface area contributed by atoms with Crippen LogP contribution in [0.4, 0.5) is 0 Å². The van der Waals surface area contributed by atoms with Crippen molar-refractivity contribution in [1.82, 2.24) is 9.88 Å². The largest absolute Gasteiger partial charge is 0.341 e. The van der Waals surface area contributed by atoms with E-state index in [0.29, 0.717) is 5.92 Å². The number of thioether (sulfide) groups is 1. The molecule has 1 fully saturated rings. The number of para-hydroxylation sites is 1. The number of nitrogens with zero attached hydrogens (tertiary/aromatic N) is 2. The number of fused-ring (bicyclic) bond motifs is 1. The highest BCUT2D eigenvalue weighted by Gasteiger charge is 2.28. The van der Waals surface area contributed by atoms with Crippen molar-refractivity contribution in [1.29, 1.82) is 0 Å². The first-order valence-electron chi connectivity index (χ1n) is 7.36. The molecule has 1 aromatic heterocycles. The summed E-state index contributed by atoms with van der Waals surface area (Å²) in [6.07, 6.45) is 4.21. The lowest BCUT2D eigenvalue weighted by Crippen LogP contribution is -2.42. The summed E-state index contributed by atoms with van der Waals surface area (Å²) in [4.78, 5) is 19.2. The average Bonchev–Trinajstić information content (AvgIpc) is 2.97. The van der Waals surface area contributed by atoms with Crippen molar-refractivity contribution in [3.8, 4) is 0 Å². The third-order valence-electron chi connectivity index (χ3n) is 4.09. The molecule has 0 bridgehead atoms. The van der Waals surface area contributed by atoms with Gasteiger partial charge in [0.2, 0.25) is 5.91 Å². The lowest BCUT2D eigenvalue weighted by Gasteiger charge is -2.33. The summed E-state index contributed by atoms with van der Waals surface area (Å²) in [6, 6.07) is 8.28. The Labute approximate surface area is 133 Å². The number of carbonyl (C=O) groups excluding carboxylic acids is 1. The van der Waals surface area contributed by atoms with E-state index >= 15 is 0 Å². The molecule has 112 valence electrons. The zero-order valence-corrected chi connectivity index (χ0v) is 14.0. The first-order valence-corrected chi connectivity index (χ1v) is 9.46. The maximum Gasteiger partial charge on any atom is 0.235 e. The van der Waals surface area contributed by atoms with E-state index in [0.717, 1.165) is 31.4 Å². The van der Waals surface area contributed by atoms with Gasteiger partial charge in [-0.2, -0.15) is 11.8 Å². The fourth-order valence-electron chi connectivity index (χ4n) is 2.80. The maximum absolute atomic E-state index is 12.4. The molecule has 0 unspecified atom stereocenters. The van der Waals surface area contributed by atoms with Gasteiger partial charge in [-0.3, -0.25) is 4.79 Å². The fourth-order valence-corrected chi connectivity index (χ4v) is 4.25. The molecule has 1 aliphatic heterocycles. The van der Waals surface area contributed by atoms with Gasteiger partial charge in [-0.05, 0) is 38.2 Å². The number of hydrogen-bond acceptors (Lipinski definition) is 4. The van der Waals surface area contributed by atoms with Crippen LogP contribution in [0, 0.1) is 0 Å². The minimum Gasteiger partial charge on any atom is -0.341 e. The van der Waals surface area contributed by atoms with E-state index < -0.39 is 0 Å². The molecule has 2 heterocycles. The van der Waals surface area contributed by atoms with Crippen molar-refractivity contribution < 1.29 is 4.79 Å². The number of rotatable bonds is 3.